The van der Waals surface area contributed by atoms with Gasteiger partial charge in [-0.3, -0.25) is 9.55 Å². The number of nitrogens with zero attached hydrogens (tertiary/aromatic N) is 1. The summed E-state index contributed by atoms with van der Waals surface area (Å²) < 4.78 is 1.43. The Bertz CT molecular complexity index is 438. The fraction of sp³-hybridized carbons (Fsp3) is 0.600. The molecule has 15 heavy (non-hydrogen) atoms. The lowest BCUT2D eigenvalue weighted by atomic mass is 10.0. The summed E-state index contributed by atoms with van der Waals surface area (Å²) in [5.74, 6) is -0.824. The van der Waals surface area contributed by atoms with Crippen LogP contribution in [0.4, 0.5) is 0 Å². The molecule has 0 aliphatic heterocycles. The molecule has 0 amide bonds. The Morgan fingerprint density at radius 2 is 2.07 bits per heavy atom. The molecule has 1 saturated carbocycles. The third-order valence-electron chi connectivity index (χ3n) is 3.11. The van der Waals surface area contributed by atoms with E-state index in [9.17, 15) is 9.59 Å². The molecule has 1 heterocycles. The number of aromatic carboxylic acids is 1. The van der Waals surface area contributed by atoms with Gasteiger partial charge in [0, 0.05) is 13.0 Å². The first-order valence-electron chi connectivity index (χ1n) is 5.13. The molecule has 0 aromatic carbocycles. The summed E-state index contributed by atoms with van der Waals surface area (Å²) in [6, 6.07) is 0. The average molecular weight is 210 g/mol. The molecule has 0 saturated heterocycles. The van der Waals surface area contributed by atoms with Crippen molar-refractivity contribution >= 4 is 5.97 Å². The number of hydrogen-bond donors (Lipinski definition) is 2. The van der Waals surface area contributed by atoms with E-state index in [0.717, 1.165) is 25.7 Å². The first kappa shape index (κ1) is 10.0. The Morgan fingerprint density at radius 3 is 2.60 bits per heavy atom. The molecule has 2 N–H and O–H groups in total. The van der Waals surface area contributed by atoms with Crippen molar-refractivity contribution in [1.29, 1.82) is 0 Å². The molecule has 2 rings (SSSR count). The molecule has 0 unspecified atom stereocenters. The van der Waals surface area contributed by atoms with Gasteiger partial charge in [0.1, 0.15) is 5.69 Å². The number of aromatic amines is 1. The number of nitrogens with one attached hydrogen (secondary N) is 1. The van der Waals surface area contributed by atoms with Crippen molar-refractivity contribution in [3.8, 4) is 0 Å². The van der Waals surface area contributed by atoms with E-state index < -0.39 is 5.97 Å². The highest BCUT2D eigenvalue weighted by Crippen LogP contribution is 2.34. The van der Waals surface area contributed by atoms with Crippen molar-refractivity contribution in [2.75, 3.05) is 0 Å². The summed E-state index contributed by atoms with van der Waals surface area (Å²) in [4.78, 5) is 24.7. The van der Waals surface area contributed by atoms with Crippen molar-refractivity contribution < 1.29 is 9.90 Å². The van der Waals surface area contributed by atoms with Gasteiger partial charge in [-0.1, -0.05) is 12.8 Å². The van der Waals surface area contributed by atoms with E-state index in [1.54, 1.807) is 7.05 Å². The van der Waals surface area contributed by atoms with Crippen LogP contribution in [-0.4, -0.2) is 20.6 Å². The van der Waals surface area contributed by atoms with Gasteiger partial charge in [-0.15, -0.1) is 0 Å². The second-order valence-electron chi connectivity index (χ2n) is 4.04. The number of hydrogen-bond acceptors (Lipinski definition) is 2. The second kappa shape index (κ2) is 3.56. The summed E-state index contributed by atoms with van der Waals surface area (Å²) in [7, 11) is 1.62. The van der Waals surface area contributed by atoms with Crippen LogP contribution in [0.25, 0.3) is 0 Å². The molecule has 5 heteroatoms. The van der Waals surface area contributed by atoms with Crippen LogP contribution >= 0.6 is 0 Å². The zero-order chi connectivity index (χ0) is 11.0. The topological polar surface area (TPSA) is 75.1 Å². The largest absolute Gasteiger partial charge is 0.477 e. The van der Waals surface area contributed by atoms with Crippen molar-refractivity contribution in [2.24, 2.45) is 7.05 Å². The van der Waals surface area contributed by atoms with Gasteiger partial charge >= 0.3 is 11.7 Å². The summed E-state index contributed by atoms with van der Waals surface area (Å²) in [6.45, 7) is 0. The molecule has 1 fully saturated rings. The van der Waals surface area contributed by atoms with Gasteiger partial charge in [-0.25, -0.2) is 9.59 Å². The third kappa shape index (κ3) is 1.58. The summed E-state index contributed by atoms with van der Waals surface area (Å²) >= 11 is 0. The van der Waals surface area contributed by atoms with Gasteiger partial charge in [0.15, 0.2) is 0 Å². The Hall–Kier alpha value is -1.52. The molecule has 1 aliphatic rings. The smallest absolute Gasteiger partial charge is 0.354 e. The highest BCUT2D eigenvalue weighted by Gasteiger charge is 2.27. The molecule has 1 aromatic heterocycles. The monoisotopic (exact) mass is 210 g/mol. The highest BCUT2D eigenvalue weighted by atomic mass is 16.4. The lowest BCUT2D eigenvalue weighted by Gasteiger charge is -2.10. The van der Waals surface area contributed by atoms with E-state index in [1.807, 2.05) is 0 Å². The normalized spacial score (nSPS) is 17.1. The van der Waals surface area contributed by atoms with Crippen LogP contribution in [0.3, 0.4) is 0 Å². The minimum absolute atomic E-state index is 0.0643. The summed E-state index contributed by atoms with van der Waals surface area (Å²) in [5.41, 5.74) is 0.383. The molecule has 82 valence electrons. The number of H-pyrrole nitrogens is 1. The zero-order valence-corrected chi connectivity index (χ0v) is 8.62. The quantitative estimate of drug-likeness (QED) is 0.766. The van der Waals surface area contributed by atoms with Gasteiger partial charge in [-0.2, -0.15) is 0 Å². The summed E-state index contributed by atoms with van der Waals surface area (Å²) in [6.07, 6.45) is 4.18. The van der Waals surface area contributed by atoms with Crippen LogP contribution in [0, 0.1) is 0 Å². The van der Waals surface area contributed by atoms with Gasteiger partial charge in [0.2, 0.25) is 0 Å². The van der Waals surface area contributed by atoms with E-state index in [4.69, 9.17) is 5.11 Å². The molecule has 0 radical (unpaired) electrons. The molecular formula is C10H14N2O3. The van der Waals surface area contributed by atoms with Crippen molar-refractivity contribution in [3.05, 3.63) is 21.9 Å². The number of carboxylic acids is 1. The second-order valence-corrected chi connectivity index (χ2v) is 4.04. The number of rotatable bonds is 2. The molecule has 1 aromatic rings. The molecule has 0 bridgehead atoms. The standard InChI is InChI=1S/C10H14N2O3/c1-12-8(6-4-2-3-5-6)7(9(13)14)11-10(12)15/h6H,2-5H2,1H3,(H,11,15)(H,13,14). The van der Waals surface area contributed by atoms with E-state index in [1.165, 1.54) is 4.57 Å². The molecule has 1 aliphatic carbocycles. The minimum atomic E-state index is -1.05. The van der Waals surface area contributed by atoms with Gasteiger partial charge in [-0.05, 0) is 12.8 Å². The van der Waals surface area contributed by atoms with Crippen LogP contribution in [-0.2, 0) is 7.05 Å². The predicted molar refractivity (Wildman–Crippen MR) is 54.2 cm³/mol. The van der Waals surface area contributed by atoms with E-state index in [0.29, 0.717) is 5.69 Å². The van der Waals surface area contributed by atoms with Crippen molar-refractivity contribution in [3.63, 3.8) is 0 Å². The number of aromatic nitrogens is 2. The van der Waals surface area contributed by atoms with Crippen LogP contribution in [0.1, 0.15) is 47.8 Å². The fourth-order valence-corrected chi connectivity index (χ4v) is 2.37. The Balaban J connectivity index is 2.51. The Labute approximate surface area is 86.7 Å². The first-order chi connectivity index (χ1) is 7.11. The first-order valence-corrected chi connectivity index (χ1v) is 5.13. The van der Waals surface area contributed by atoms with Crippen molar-refractivity contribution in [1.82, 2.24) is 9.55 Å². The highest BCUT2D eigenvalue weighted by molar-refractivity contribution is 5.86. The lowest BCUT2D eigenvalue weighted by Crippen LogP contribution is -2.15. The van der Waals surface area contributed by atoms with Crippen LogP contribution in [0.15, 0.2) is 4.79 Å². The maximum absolute atomic E-state index is 11.4. The zero-order valence-electron chi connectivity index (χ0n) is 8.62. The van der Waals surface area contributed by atoms with Gasteiger partial charge in [0.05, 0.1) is 5.69 Å². The Kier molecular flexibility index (Phi) is 2.38. The van der Waals surface area contributed by atoms with Crippen LogP contribution in [0.5, 0.6) is 0 Å². The van der Waals surface area contributed by atoms with E-state index in [2.05, 4.69) is 4.98 Å². The van der Waals surface area contributed by atoms with E-state index >= 15 is 0 Å². The predicted octanol–water partition coefficient (Wildman–Crippen LogP) is 1.07. The SMILES string of the molecule is Cn1c(C2CCCC2)c(C(=O)O)[nH]c1=O. The molecule has 0 spiro atoms. The fourth-order valence-electron chi connectivity index (χ4n) is 2.37. The number of carbonyl (C=O) groups is 1. The molecule has 5 nitrogen and oxygen atoms in total. The molecular weight excluding hydrogens is 196 g/mol. The van der Waals surface area contributed by atoms with Crippen molar-refractivity contribution in [2.45, 2.75) is 31.6 Å². The summed E-state index contributed by atoms with van der Waals surface area (Å²) in [5, 5.41) is 8.98. The van der Waals surface area contributed by atoms with Gasteiger partial charge < -0.3 is 5.11 Å². The number of imidazole rings is 1. The van der Waals surface area contributed by atoms with E-state index in [-0.39, 0.29) is 17.3 Å². The third-order valence-corrected chi connectivity index (χ3v) is 3.11. The minimum Gasteiger partial charge on any atom is -0.477 e. The van der Waals surface area contributed by atoms with Crippen LogP contribution in [0.2, 0.25) is 0 Å². The molecule has 0 atom stereocenters. The lowest BCUT2D eigenvalue weighted by molar-refractivity contribution is 0.0689. The number of carboxylic acid groups (broad SMARTS) is 1. The maximum atomic E-state index is 11.4. The van der Waals surface area contributed by atoms with Crippen LogP contribution < -0.4 is 5.69 Å². The average Bonchev–Trinajstić information content (AvgIpc) is 2.76. The maximum Gasteiger partial charge on any atom is 0.354 e. The van der Waals surface area contributed by atoms with Gasteiger partial charge in [0.25, 0.3) is 0 Å². The Morgan fingerprint density at radius 1 is 1.47 bits per heavy atom.